The molecule has 25 heavy (non-hydrogen) atoms. The molecular weight excluding hydrogens is 324 g/mol. The van der Waals surface area contributed by atoms with Gasteiger partial charge >= 0.3 is 0 Å². The van der Waals surface area contributed by atoms with Gasteiger partial charge in [-0.2, -0.15) is 0 Å². The fourth-order valence-corrected chi connectivity index (χ4v) is 2.30. The molecule has 128 valence electrons. The lowest BCUT2D eigenvalue weighted by molar-refractivity contribution is -0.385. The summed E-state index contributed by atoms with van der Waals surface area (Å²) in [5.41, 5.74) is 1.41. The number of aromatic nitrogens is 1. The van der Waals surface area contributed by atoms with Crippen molar-refractivity contribution in [2.45, 2.75) is 13.5 Å². The Kier molecular flexibility index (Phi) is 4.65. The molecule has 0 bridgehead atoms. The number of nitro benzene ring substituents is 1. The number of oxazole rings is 1. The van der Waals surface area contributed by atoms with Gasteiger partial charge in [-0.25, -0.2) is 4.98 Å². The number of hydrogen-bond acceptors (Lipinski definition) is 6. The fourth-order valence-electron chi connectivity index (χ4n) is 2.30. The SMILES string of the molecule is COc1ccc([N+](=O)[O-])cc1OCc1nc(-c2ccccc2)oc1C. The van der Waals surface area contributed by atoms with E-state index in [1.165, 1.54) is 25.3 Å². The van der Waals surface area contributed by atoms with Crippen LogP contribution in [0.25, 0.3) is 11.5 Å². The van der Waals surface area contributed by atoms with Gasteiger partial charge in [0.15, 0.2) is 11.5 Å². The maximum Gasteiger partial charge on any atom is 0.273 e. The van der Waals surface area contributed by atoms with Gasteiger partial charge in [0.1, 0.15) is 18.1 Å². The molecule has 0 spiro atoms. The van der Waals surface area contributed by atoms with Crippen molar-refractivity contribution in [1.82, 2.24) is 4.98 Å². The van der Waals surface area contributed by atoms with Crippen LogP contribution in [0, 0.1) is 17.0 Å². The lowest BCUT2D eigenvalue weighted by Gasteiger charge is -2.09. The van der Waals surface area contributed by atoms with Gasteiger partial charge < -0.3 is 13.9 Å². The van der Waals surface area contributed by atoms with E-state index in [0.29, 0.717) is 23.1 Å². The molecule has 3 rings (SSSR count). The summed E-state index contributed by atoms with van der Waals surface area (Å²) in [6.45, 7) is 1.91. The largest absolute Gasteiger partial charge is 0.493 e. The third-order valence-electron chi connectivity index (χ3n) is 3.64. The number of aryl methyl sites for hydroxylation is 1. The number of methoxy groups -OCH3 is 1. The second-order valence-electron chi connectivity index (χ2n) is 5.27. The first-order valence-electron chi connectivity index (χ1n) is 7.55. The maximum atomic E-state index is 10.9. The standard InChI is InChI=1S/C18H16N2O5/c1-12-15(19-18(25-12)13-6-4-3-5-7-13)11-24-17-10-14(20(21)22)8-9-16(17)23-2/h3-10H,11H2,1-2H3. The van der Waals surface area contributed by atoms with Gasteiger partial charge in [-0.3, -0.25) is 10.1 Å². The van der Waals surface area contributed by atoms with Gasteiger partial charge in [-0.15, -0.1) is 0 Å². The summed E-state index contributed by atoms with van der Waals surface area (Å²) < 4.78 is 16.5. The van der Waals surface area contributed by atoms with Crippen LogP contribution in [-0.4, -0.2) is 17.0 Å². The molecule has 7 nitrogen and oxygen atoms in total. The Balaban J connectivity index is 1.81. The van der Waals surface area contributed by atoms with Crippen molar-refractivity contribution in [2.75, 3.05) is 7.11 Å². The minimum atomic E-state index is -0.485. The summed E-state index contributed by atoms with van der Waals surface area (Å²) >= 11 is 0. The normalized spacial score (nSPS) is 10.5. The molecule has 0 amide bonds. The number of nitrogens with zero attached hydrogens (tertiary/aromatic N) is 2. The van der Waals surface area contributed by atoms with E-state index in [1.54, 1.807) is 6.92 Å². The Bertz CT molecular complexity index is 890. The monoisotopic (exact) mass is 340 g/mol. The average molecular weight is 340 g/mol. The molecule has 0 aliphatic heterocycles. The third-order valence-corrected chi connectivity index (χ3v) is 3.64. The number of benzene rings is 2. The van der Waals surface area contributed by atoms with Crippen molar-refractivity contribution in [2.24, 2.45) is 0 Å². The number of hydrogen-bond donors (Lipinski definition) is 0. The van der Waals surface area contributed by atoms with Crippen molar-refractivity contribution in [3.05, 3.63) is 70.1 Å². The highest BCUT2D eigenvalue weighted by molar-refractivity contribution is 5.53. The number of ether oxygens (including phenoxy) is 2. The highest BCUT2D eigenvalue weighted by Gasteiger charge is 2.15. The molecule has 0 saturated heterocycles. The Morgan fingerprint density at radius 2 is 1.92 bits per heavy atom. The lowest BCUT2D eigenvalue weighted by atomic mass is 10.2. The molecule has 0 aliphatic rings. The van der Waals surface area contributed by atoms with Gasteiger partial charge in [0.25, 0.3) is 5.69 Å². The molecule has 0 unspecified atom stereocenters. The van der Waals surface area contributed by atoms with E-state index in [2.05, 4.69) is 4.98 Å². The van der Waals surface area contributed by atoms with E-state index < -0.39 is 4.92 Å². The topological polar surface area (TPSA) is 87.6 Å². The Morgan fingerprint density at radius 1 is 1.16 bits per heavy atom. The first-order chi connectivity index (χ1) is 12.1. The summed E-state index contributed by atoms with van der Waals surface area (Å²) in [5, 5.41) is 10.9. The van der Waals surface area contributed by atoms with E-state index in [0.717, 1.165) is 5.56 Å². The summed E-state index contributed by atoms with van der Waals surface area (Å²) in [4.78, 5) is 14.9. The highest BCUT2D eigenvalue weighted by atomic mass is 16.6. The molecule has 0 atom stereocenters. The Morgan fingerprint density at radius 3 is 2.60 bits per heavy atom. The first-order valence-corrected chi connectivity index (χ1v) is 7.55. The first kappa shape index (κ1) is 16.5. The number of nitro groups is 1. The minimum absolute atomic E-state index is 0.0716. The molecule has 0 fully saturated rings. The zero-order chi connectivity index (χ0) is 17.8. The van der Waals surface area contributed by atoms with Crippen LogP contribution in [0.4, 0.5) is 5.69 Å². The van der Waals surface area contributed by atoms with Crippen LogP contribution in [-0.2, 0) is 6.61 Å². The molecule has 0 saturated carbocycles. The van der Waals surface area contributed by atoms with E-state index in [4.69, 9.17) is 13.9 Å². The van der Waals surface area contributed by atoms with Crippen LogP contribution in [0.2, 0.25) is 0 Å². The van der Waals surface area contributed by atoms with Crippen LogP contribution < -0.4 is 9.47 Å². The van der Waals surface area contributed by atoms with Crippen LogP contribution in [0.1, 0.15) is 11.5 Å². The molecule has 0 radical (unpaired) electrons. The van der Waals surface area contributed by atoms with Crippen LogP contribution >= 0.6 is 0 Å². The fraction of sp³-hybridized carbons (Fsp3) is 0.167. The second kappa shape index (κ2) is 7.04. The third kappa shape index (κ3) is 3.60. The molecule has 3 aromatic rings. The summed E-state index contributed by atoms with van der Waals surface area (Å²) in [5.74, 6) is 1.82. The number of non-ortho nitro benzene ring substituents is 1. The predicted octanol–water partition coefficient (Wildman–Crippen LogP) is 4.15. The van der Waals surface area contributed by atoms with Gasteiger partial charge in [0.2, 0.25) is 5.89 Å². The summed E-state index contributed by atoms with van der Waals surface area (Å²) in [7, 11) is 1.48. The van der Waals surface area contributed by atoms with Gasteiger partial charge in [-0.1, -0.05) is 18.2 Å². The van der Waals surface area contributed by atoms with Crippen LogP contribution in [0.15, 0.2) is 52.9 Å². The Hall–Kier alpha value is -3.35. The summed E-state index contributed by atoms with van der Waals surface area (Å²) in [6, 6.07) is 13.7. The van der Waals surface area contributed by atoms with Crippen molar-refractivity contribution in [3.63, 3.8) is 0 Å². The Labute approximate surface area is 144 Å². The molecular formula is C18H16N2O5. The molecule has 2 aromatic carbocycles. The molecule has 1 aromatic heterocycles. The molecule has 7 heteroatoms. The number of rotatable bonds is 6. The van der Waals surface area contributed by atoms with Crippen molar-refractivity contribution in [3.8, 4) is 23.0 Å². The van der Waals surface area contributed by atoms with Crippen LogP contribution in [0.5, 0.6) is 11.5 Å². The van der Waals surface area contributed by atoms with Crippen molar-refractivity contribution >= 4 is 5.69 Å². The van der Waals surface area contributed by atoms with E-state index in [-0.39, 0.29) is 18.0 Å². The highest BCUT2D eigenvalue weighted by Crippen LogP contribution is 2.32. The van der Waals surface area contributed by atoms with Gasteiger partial charge in [-0.05, 0) is 25.1 Å². The van der Waals surface area contributed by atoms with E-state index >= 15 is 0 Å². The zero-order valence-electron chi connectivity index (χ0n) is 13.8. The smallest absolute Gasteiger partial charge is 0.273 e. The summed E-state index contributed by atoms with van der Waals surface area (Å²) in [6.07, 6.45) is 0. The predicted molar refractivity (Wildman–Crippen MR) is 90.7 cm³/mol. The zero-order valence-corrected chi connectivity index (χ0v) is 13.8. The minimum Gasteiger partial charge on any atom is -0.493 e. The van der Waals surface area contributed by atoms with Crippen molar-refractivity contribution in [1.29, 1.82) is 0 Å². The average Bonchev–Trinajstić information content (AvgIpc) is 3.01. The quantitative estimate of drug-likeness (QED) is 0.495. The van der Waals surface area contributed by atoms with E-state index in [9.17, 15) is 10.1 Å². The lowest BCUT2D eigenvalue weighted by Crippen LogP contribution is -2.00. The molecule has 0 aliphatic carbocycles. The second-order valence-corrected chi connectivity index (χ2v) is 5.27. The molecule has 0 N–H and O–H groups in total. The van der Waals surface area contributed by atoms with Gasteiger partial charge in [0.05, 0.1) is 18.1 Å². The van der Waals surface area contributed by atoms with E-state index in [1.807, 2.05) is 30.3 Å². The van der Waals surface area contributed by atoms with Crippen LogP contribution in [0.3, 0.4) is 0 Å². The maximum absolute atomic E-state index is 10.9. The van der Waals surface area contributed by atoms with Gasteiger partial charge in [0, 0.05) is 11.6 Å². The molecule has 1 heterocycles. The van der Waals surface area contributed by atoms with Crippen molar-refractivity contribution < 1.29 is 18.8 Å².